The third-order valence-corrected chi connectivity index (χ3v) is 6.01. The van der Waals surface area contributed by atoms with Gasteiger partial charge in [0.25, 0.3) is 0 Å². The standard InChI is InChI=1S/C27H26N2O3/c1-17(2)20-9-7-19(8-10-20)12-24-25(30)23-13-21-14-29(15-22-6-4-5-11-28-22)16-31-26(21)18(3)27(23)32-24/h4-13,17H,14-16H2,1-3H3/b24-12-. The van der Waals surface area contributed by atoms with Crippen LogP contribution in [0.15, 0.2) is 60.5 Å². The Kier molecular flexibility index (Phi) is 5.27. The maximum Gasteiger partial charge on any atom is 0.231 e. The lowest BCUT2D eigenvalue weighted by Gasteiger charge is -2.30. The first-order chi connectivity index (χ1) is 15.5. The minimum Gasteiger partial charge on any atom is -0.477 e. The van der Waals surface area contributed by atoms with Crippen LogP contribution in [0.5, 0.6) is 11.5 Å². The number of fused-ring (bicyclic) bond motifs is 2. The van der Waals surface area contributed by atoms with E-state index in [-0.39, 0.29) is 5.78 Å². The van der Waals surface area contributed by atoms with Crippen molar-refractivity contribution in [2.75, 3.05) is 6.73 Å². The molecule has 0 atom stereocenters. The Bertz CT molecular complexity index is 1200. The number of hydrogen-bond donors (Lipinski definition) is 0. The number of nitrogens with zero attached hydrogens (tertiary/aromatic N) is 2. The summed E-state index contributed by atoms with van der Waals surface area (Å²) >= 11 is 0. The van der Waals surface area contributed by atoms with Gasteiger partial charge in [-0.2, -0.15) is 0 Å². The highest BCUT2D eigenvalue weighted by Gasteiger charge is 2.33. The average Bonchev–Trinajstić information content (AvgIpc) is 3.10. The zero-order valence-electron chi connectivity index (χ0n) is 18.6. The quantitative estimate of drug-likeness (QED) is 0.517. The van der Waals surface area contributed by atoms with Gasteiger partial charge in [-0.1, -0.05) is 44.2 Å². The minimum atomic E-state index is -0.0827. The number of rotatable bonds is 4. The fourth-order valence-corrected chi connectivity index (χ4v) is 4.25. The molecule has 2 aromatic carbocycles. The predicted octanol–water partition coefficient (Wildman–Crippen LogP) is 5.48. The second kappa shape index (κ2) is 8.24. The molecule has 2 aliphatic heterocycles. The third kappa shape index (κ3) is 3.80. The number of carbonyl (C=O) groups excluding carboxylic acids is 1. The second-order valence-corrected chi connectivity index (χ2v) is 8.71. The van der Waals surface area contributed by atoms with Crippen molar-refractivity contribution in [3.8, 4) is 11.5 Å². The topological polar surface area (TPSA) is 51.7 Å². The van der Waals surface area contributed by atoms with Crippen molar-refractivity contribution >= 4 is 11.9 Å². The van der Waals surface area contributed by atoms with E-state index in [4.69, 9.17) is 9.47 Å². The van der Waals surface area contributed by atoms with Crippen molar-refractivity contribution in [3.05, 3.63) is 94.0 Å². The molecule has 5 nitrogen and oxygen atoms in total. The highest BCUT2D eigenvalue weighted by Crippen LogP contribution is 2.43. The lowest BCUT2D eigenvalue weighted by atomic mass is 9.99. The summed E-state index contributed by atoms with van der Waals surface area (Å²) in [6, 6.07) is 16.1. The van der Waals surface area contributed by atoms with Crippen LogP contribution in [0.1, 0.15) is 58.1 Å². The lowest BCUT2D eigenvalue weighted by molar-refractivity contribution is 0.0865. The van der Waals surface area contributed by atoms with E-state index in [0.29, 0.717) is 42.8 Å². The van der Waals surface area contributed by atoms with Gasteiger partial charge >= 0.3 is 0 Å². The van der Waals surface area contributed by atoms with Gasteiger partial charge < -0.3 is 9.47 Å². The summed E-state index contributed by atoms with van der Waals surface area (Å²) in [6.07, 6.45) is 3.62. The van der Waals surface area contributed by atoms with Gasteiger partial charge in [0.1, 0.15) is 18.2 Å². The predicted molar refractivity (Wildman–Crippen MR) is 124 cm³/mol. The fraction of sp³-hybridized carbons (Fsp3) is 0.259. The summed E-state index contributed by atoms with van der Waals surface area (Å²) in [5, 5.41) is 0. The zero-order chi connectivity index (χ0) is 22.2. The molecular formula is C27H26N2O3. The Balaban J connectivity index is 1.40. The van der Waals surface area contributed by atoms with Crippen LogP contribution in [0, 0.1) is 6.92 Å². The van der Waals surface area contributed by atoms with Gasteiger partial charge in [-0.25, -0.2) is 0 Å². The summed E-state index contributed by atoms with van der Waals surface area (Å²) in [7, 11) is 0. The molecule has 0 bridgehead atoms. The van der Waals surface area contributed by atoms with Crippen molar-refractivity contribution in [2.45, 2.75) is 39.8 Å². The van der Waals surface area contributed by atoms with Crippen molar-refractivity contribution in [3.63, 3.8) is 0 Å². The molecular weight excluding hydrogens is 400 g/mol. The van der Waals surface area contributed by atoms with E-state index in [9.17, 15) is 4.79 Å². The Labute approximate surface area is 188 Å². The molecule has 5 rings (SSSR count). The number of carbonyl (C=O) groups is 1. The Morgan fingerprint density at radius 2 is 1.94 bits per heavy atom. The fourth-order valence-electron chi connectivity index (χ4n) is 4.25. The normalized spacial score (nSPS) is 16.6. The highest BCUT2D eigenvalue weighted by molar-refractivity contribution is 6.15. The SMILES string of the molecule is Cc1c2c(cc3c1O/C(=C\c1ccc(C(C)C)cc1)C3=O)CN(Cc1ccccn1)CO2. The third-order valence-electron chi connectivity index (χ3n) is 6.01. The molecule has 0 radical (unpaired) electrons. The molecule has 0 saturated carbocycles. The van der Waals surface area contributed by atoms with Gasteiger partial charge in [0.05, 0.1) is 11.3 Å². The van der Waals surface area contributed by atoms with Gasteiger partial charge in [0.2, 0.25) is 5.78 Å². The molecule has 5 heteroatoms. The summed E-state index contributed by atoms with van der Waals surface area (Å²) in [6.45, 7) is 8.15. The monoisotopic (exact) mass is 426 g/mol. The number of pyridine rings is 1. The summed E-state index contributed by atoms with van der Waals surface area (Å²) in [5.41, 5.74) is 5.70. The first-order valence-electron chi connectivity index (χ1n) is 11.0. The number of allylic oxidation sites excluding steroid dienone is 1. The van der Waals surface area contributed by atoms with Crippen molar-refractivity contribution in [2.24, 2.45) is 0 Å². The molecule has 0 saturated heterocycles. The Hall–Kier alpha value is -3.44. The van der Waals surface area contributed by atoms with E-state index in [1.165, 1.54) is 5.56 Å². The van der Waals surface area contributed by atoms with Crippen LogP contribution in [-0.2, 0) is 13.1 Å². The molecule has 1 aromatic heterocycles. The zero-order valence-corrected chi connectivity index (χ0v) is 18.6. The maximum absolute atomic E-state index is 13.1. The van der Waals surface area contributed by atoms with E-state index >= 15 is 0 Å². The first-order valence-corrected chi connectivity index (χ1v) is 11.0. The first kappa shape index (κ1) is 20.5. The molecule has 0 N–H and O–H groups in total. The van der Waals surface area contributed by atoms with Crippen molar-refractivity contribution < 1.29 is 14.3 Å². The number of benzene rings is 2. The molecule has 2 aliphatic rings. The molecule has 32 heavy (non-hydrogen) atoms. The molecule has 0 fully saturated rings. The van der Waals surface area contributed by atoms with E-state index < -0.39 is 0 Å². The molecule has 0 aliphatic carbocycles. The van der Waals surface area contributed by atoms with Crippen LogP contribution in [0.2, 0.25) is 0 Å². The molecule has 162 valence electrons. The van der Waals surface area contributed by atoms with Gasteiger partial charge in [-0.05, 0) is 48.2 Å². The number of aromatic nitrogens is 1. The molecule has 3 aromatic rings. The Morgan fingerprint density at radius 1 is 1.12 bits per heavy atom. The molecule has 3 heterocycles. The van der Waals surface area contributed by atoms with Gasteiger partial charge in [-0.15, -0.1) is 0 Å². The second-order valence-electron chi connectivity index (χ2n) is 8.71. The van der Waals surface area contributed by atoms with Gasteiger partial charge in [0, 0.05) is 30.4 Å². The van der Waals surface area contributed by atoms with Crippen LogP contribution >= 0.6 is 0 Å². The van der Waals surface area contributed by atoms with Crippen LogP contribution in [0.4, 0.5) is 0 Å². The lowest BCUT2D eigenvalue weighted by Crippen LogP contribution is -2.32. The summed E-state index contributed by atoms with van der Waals surface area (Å²) in [5.74, 6) is 2.17. The molecule has 0 amide bonds. The van der Waals surface area contributed by atoms with Gasteiger partial charge in [-0.3, -0.25) is 14.7 Å². The van der Waals surface area contributed by atoms with E-state index in [2.05, 4.69) is 35.9 Å². The number of Topliss-reactive ketones (excluding diaryl/α,β-unsaturated/α-hetero) is 1. The van der Waals surface area contributed by atoms with Crippen LogP contribution < -0.4 is 9.47 Å². The minimum absolute atomic E-state index is 0.0827. The average molecular weight is 427 g/mol. The van der Waals surface area contributed by atoms with Gasteiger partial charge in [0.15, 0.2) is 5.76 Å². The number of ether oxygens (including phenoxy) is 2. The Morgan fingerprint density at radius 3 is 2.66 bits per heavy atom. The van der Waals surface area contributed by atoms with E-state index in [1.807, 2.05) is 49.4 Å². The van der Waals surface area contributed by atoms with Crippen LogP contribution in [0.25, 0.3) is 6.08 Å². The van der Waals surface area contributed by atoms with E-state index in [0.717, 1.165) is 28.1 Å². The summed E-state index contributed by atoms with van der Waals surface area (Å²) in [4.78, 5) is 19.7. The van der Waals surface area contributed by atoms with Crippen molar-refractivity contribution in [1.29, 1.82) is 0 Å². The number of ketones is 1. The van der Waals surface area contributed by atoms with E-state index in [1.54, 1.807) is 6.20 Å². The maximum atomic E-state index is 13.1. The molecule has 0 spiro atoms. The summed E-state index contributed by atoms with van der Waals surface area (Å²) < 4.78 is 12.1. The number of hydrogen-bond acceptors (Lipinski definition) is 5. The molecule has 0 unspecified atom stereocenters. The smallest absolute Gasteiger partial charge is 0.231 e. The van der Waals surface area contributed by atoms with Crippen LogP contribution in [-0.4, -0.2) is 22.4 Å². The van der Waals surface area contributed by atoms with Crippen molar-refractivity contribution in [1.82, 2.24) is 9.88 Å². The highest BCUT2D eigenvalue weighted by atomic mass is 16.5. The van der Waals surface area contributed by atoms with Crippen LogP contribution in [0.3, 0.4) is 0 Å². The largest absolute Gasteiger partial charge is 0.477 e.